The molecule has 1 rings (SSSR count). The van der Waals surface area contributed by atoms with Crippen molar-refractivity contribution in [1.29, 1.82) is 0 Å². The minimum absolute atomic E-state index is 0.505. The molecule has 5 heteroatoms. The predicted molar refractivity (Wildman–Crippen MR) is 76.1 cm³/mol. The van der Waals surface area contributed by atoms with Gasteiger partial charge in [-0.05, 0) is 32.1 Å². The third kappa shape index (κ3) is 4.41. The average molecular weight is 252 g/mol. The number of hydrogen-bond acceptors (Lipinski definition) is 5. The molecule has 0 aliphatic carbocycles. The Hall–Kier alpha value is -1.49. The zero-order chi connectivity index (χ0) is 13.4. The van der Waals surface area contributed by atoms with Crippen LogP contribution in [0.4, 0.5) is 11.5 Å². The third-order valence-electron chi connectivity index (χ3n) is 2.80. The molecule has 1 aromatic heterocycles. The Balaban J connectivity index is 2.49. The van der Waals surface area contributed by atoms with Crippen molar-refractivity contribution in [2.45, 2.75) is 20.8 Å². The second kappa shape index (κ2) is 7.76. The highest BCUT2D eigenvalue weighted by atomic mass is 16.5. The fourth-order valence-electron chi connectivity index (χ4n) is 1.68. The van der Waals surface area contributed by atoms with Crippen LogP contribution < -0.4 is 15.8 Å². The molecule has 5 nitrogen and oxygen atoms in total. The molecule has 3 N–H and O–H groups in total. The van der Waals surface area contributed by atoms with E-state index in [2.05, 4.69) is 29.0 Å². The number of nitrogens with two attached hydrogens (primary N) is 1. The summed E-state index contributed by atoms with van der Waals surface area (Å²) in [6.45, 7) is 10.8. The molecular formula is C13H24N4O. The Bertz CT molecular complexity index is 353. The maximum atomic E-state index is 5.77. The van der Waals surface area contributed by atoms with Crippen molar-refractivity contribution < 1.29 is 4.74 Å². The van der Waals surface area contributed by atoms with Gasteiger partial charge in [-0.2, -0.15) is 4.98 Å². The van der Waals surface area contributed by atoms with E-state index in [1.807, 2.05) is 19.1 Å². The fourth-order valence-corrected chi connectivity index (χ4v) is 1.68. The Labute approximate surface area is 109 Å². The number of nitrogen functional groups attached to an aromatic ring is 1. The summed E-state index contributed by atoms with van der Waals surface area (Å²) in [4.78, 5) is 6.69. The highest BCUT2D eigenvalue weighted by molar-refractivity contribution is 5.53. The molecule has 0 aliphatic heterocycles. The van der Waals surface area contributed by atoms with Crippen molar-refractivity contribution in [3.05, 3.63) is 12.1 Å². The molecule has 0 aromatic carbocycles. The van der Waals surface area contributed by atoms with Crippen LogP contribution in [0.15, 0.2) is 12.1 Å². The monoisotopic (exact) mass is 252 g/mol. The quantitative estimate of drug-likeness (QED) is 0.739. The number of nitrogens with zero attached hydrogens (tertiary/aromatic N) is 2. The maximum Gasteiger partial charge on any atom is 0.239 e. The van der Waals surface area contributed by atoms with Gasteiger partial charge in [-0.15, -0.1) is 0 Å². The first-order chi connectivity index (χ1) is 8.71. The molecule has 0 fully saturated rings. The van der Waals surface area contributed by atoms with Gasteiger partial charge in [-0.25, -0.2) is 0 Å². The zero-order valence-corrected chi connectivity index (χ0v) is 11.6. The molecule has 102 valence electrons. The van der Waals surface area contributed by atoms with E-state index in [-0.39, 0.29) is 0 Å². The van der Waals surface area contributed by atoms with Crippen LogP contribution in [-0.4, -0.2) is 42.7 Å². The van der Waals surface area contributed by atoms with E-state index in [9.17, 15) is 0 Å². The molecule has 0 radical (unpaired) electrons. The third-order valence-corrected chi connectivity index (χ3v) is 2.80. The van der Waals surface area contributed by atoms with Gasteiger partial charge in [0.25, 0.3) is 0 Å². The molecule has 0 aliphatic rings. The lowest BCUT2D eigenvalue weighted by Gasteiger charge is -2.18. The van der Waals surface area contributed by atoms with Gasteiger partial charge in [-0.3, -0.25) is 0 Å². The number of anilines is 2. The van der Waals surface area contributed by atoms with Gasteiger partial charge < -0.3 is 20.7 Å². The largest absolute Gasteiger partial charge is 0.476 e. The maximum absolute atomic E-state index is 5.77. The summed E-state index contributed by atoms with van der Waals surface area (Å²) in [5.74, 6) is 1.31. The number of pyridine rings is 1. The predicted octanol–water partition coefficient (Wildman–Crippen LogP) is 1.82. The van der Waals surface area contributed by atoms with Crippen molar-refractivity contribution >= 4 is 11.5 Å². The second-order valence-electron chi connectivity index (χ2n) is 3.98. The number of likely N-dealkylation sites (N-methyl/N-ethyl adjacent to an activating group) is 1. The molecule has 0 unspecified atom stereocenters. The first-order valence-electron chi connectivity index (χ1n) is 6.56. The molecule has 0 saturated carbocycles. The number of rotatable bonds is 8. The van der Waals surface area contributed by atoms with Gasteiger partial charge in [0.05, 0.1) is 12.3 Å². The summed E-state index contributed by atoms with van der Waals surface area (Å²) in [6, 6.07) is 3.69. The van der Waals surface area contributed by atoms with Gasteiger partial charge in [0, 0.05) is 13.1 Å². The van der Waals surface area contributed by atoms with Crippen LogP contribution in [-0.2, 0) is 0 Å². The van der Waals surface area contributed by atoms with Crippen LogP contribution in [0.3, 0.4) is 0 Å². The van der Waals surface area contributed by atoms with Crippen LogP contribution >= 0.6 is 0 Å². The van der Waals surface area contributed by atoms with Crippen LogP contribution in [0.25, 0.3) is 0 Å². The van der Waals surface area contributed by atoms with Crippen molar-refractivity contribution in [3.63, 3.8) is 0 Å². The minimum Gasteiger partial charge on any atom is -0.476 e. The Kier molecular flexibility index (Phi) is 6.28. The molecule has 1 aromatic rings. The highest BCUT2D eigenvalue weighted by Crippen LogP contribution is 2.20. The number of ether oxygens (including phenoxy) is 1. The van der Waals surface area contributed by atoms with Crippen LogP contribution in [0.2, 0.25) is 0 Å². The van der Waals surface area contributed by atoms with Gasteiger partial charge in [0.2, 0.25) is 5.88 Å². The van der Waals surface area contributed by atoms with Crippen molar-refractivity contribution in [1.82, 2.24) is 9.88 Å². The SMILES string of the molecule is CCOc1nc(NCCN(CC)CC)ccc1N. The van der Waals surface area contributed by atoms with E-state index in [0.717, 1.165) is 32.0 Å². The normalized spacial score (nSPS) is 10.7. The lowest BCUT2D eigenvalue weighted by atomic mass is 10.4. The van der Waals surface area contributed by atoms with Crippen LogP contribution in [0.1, 0.15) is 20.8 Å². The molecule has 0 spiro atoms. The van der Waals surface area contributed by atoms with Crippen molar-refractivity contribution in [3.8, 4) is 5.88 Å². The number of aromatic nitrogens is 1. The van der Waals surface area contributed by atoms with Crippen molar-refractivity contribution in [2.75, 3.05) is 43.8 Å². The van der Waals surface area contributed by atoms with Gasteiger partial charge in [-0.1, -0.05) is 13.8 Å². The molecule has 18 heavy (non-hydrogen) atoms. The zero-order valence-electron chi connectivity index (χ0n) is 11.6. The number of nitrogens with one attached hydrogen (secondary N) is 1. The first-order valence-corrected chi connectivity index (χ1v) is 6.56. The molecular weight excluding hydrogens is 228 g/mol. The van der Waals surface area contributed by atoms with E-state index < -0.39 is 0 Å². The smallest absolute Gasteiger partial charge is 0.239 e. The Morgan fingerprint density at radius 2 is 2.00 bits per heavy atom. The van der Waals surface area contributed by atoms with Gasteiger partial charge in [0.15, 0.2) is 0 Å². The first kappa shape index (κ1) is 14.6. The van der Waals surface area contributed by atoms with Crippen molar-refractivity contribution in [2.24, 2.45) is 0 Å². The summed E-state index contributed by atoms with van der Waals surface area (Å²) >= 11 is 0. The van der Waals surface area contributed by atoms with Gasteiger partial charge in [0.1, 0.15) is 5.82 Å². The standard InChI is InChI=1S/C13H24N4O/c1-4-17(5-2)10-9-15-12-8-7-11(14)13(16-12)18-6-3/h7-8H,4-6,9-10,14H2,1-3H3,(H,15,16). The summed E-state index contributed by atoms with van der Waals surface area (Å²) in [5.41, 5.74) is 6.35. The molecule has 0 saturated heterocycles. The lowest BCUT2D eigenvalue weighted by molar-refractivity contribution is 0.315. The van der Waals surface area contributed by atoms with E-state index in [0.29, 0.717) is 18.2 Å². The molecule has 0 amide bonds. The number of hydrogen-bond donors (Lipinski definition) is 2. The summed E-state index contributed by atoms with van der Waals surface area (Å²) in [5, 5.41) is 3.28. The van der Waals surface area contributed by atoms with E-state index in [4.69, 9.17) is 10.5 Å². The van der Waals surface area contributed by atoms with Crippen LogP contribution in [0, 0.1) is 0 Å². The van der Waals surface area contributed by atoms with E-state index in [1.165, 1.54) is 0 Å². The minimum atomic E-state index is 0.505. The lowest BCUT2D eigenvalue weighted by Crippen LogP contribution is -2.28. The van der Waals surface area contributed by atoms with E-state index >= 15 is 0 Å². The summed E-state index contributed by atoms with van der Waals surface area (Å²) < 4.78 is 5.36. The second-order valence-corrected chi connectivity index (χ2v) is 3.98. The van der Waals surface area contributed by atoms with Crippen LogP contribution in [0.5, 0.6) is 5.88 Å². The Morgan fingerprint density at radius 1 is 1.28 bits per heavy atom. The summed E-state index contributed by atoms with van der Waals surface area (Å²) in [6.07, 6.45) is 0. The fraction of sp³-hybridized carbons (Fsp3) is 0.615. The molecule has 1 heterocycles. The molecule has 0 bridgehead atoms. The average Bonchev–Trinajstić information content (AvgIpc) is 2.38. The Morgan fingerprint density at radius 3 is 2.61 bits per heavy atom. The van der Waals surface area contributed by atoms with Gasteiger partial charge >= 0.3 is 0 Å². The van der Waals surface area contributed by atoms with E-state index in [1.54, 1.807) is 0 Å². The topological polar surface area (TPSA) is 63.4 Å². The molecule has 0 atom stereocenters. The highest BCUT2D eigenvalue weighted by Gasteiger charge is 2.04. The summed E-state index contributed by atoms with van der Waals surface area (Å²) in [7, 11) is 0.